The molecule has 1 saturated heterocycles. The lowest BCUT2D eigenvalue weighted by Gasteiger charge is -2.31. The van der Waals surface area contributed by atoms with Gasteiger partial charge in [-0.2, -0.15) is 9.61 Å². The number of ether oxygens (including phenoxy) is 1. The smallest absolute Gasteiger partial charge is 0.311 e. The molecule has 0 bridgehead atoms. The zero-order chi connectivity index (χ0) is 15.0. The Morgan fingerprint density at radius 2 is 2.33 bits per heavy atom. The third-order valence-corrected chi connectivity index (χ3v) is 3.91. The van der Waals surface area contributed by atoms with E-state index in [0.717, 1.165) is 17.0 Å². The highest BCUT2D eigenvalue weighted by Gasteiger charge is 2.38. The van der Waals surface area contributed by atoms with Gasteiger partial charge in [-0.05, 0) is 31.5 Å². The number of aromatic nitrogens is 3. The highest BCUT2D eigenvalue weighted by Crippen LogP contribution is 2.26. The average Bonchev–Trinajstić information content (AvgIpc) is 3.07. The van der Waals surface area contributed by atoms with Crippen LogP contribution in [0.15, 0.2) is 18.5 Å². The molecular formula is C14H18N4O3. The quantitative estimate of drug-likeness (QED) is 0.903. The van der Waals surface area contributed by atoms with E-state index in [1.807, 2.05) is 30.9 Å². The first-order valence-electron chi connectivity index (χ1n) is 6.99. The maximum Gasteiger partial charge on any atom is 0.311 e. The average molecular weight is 290 g/mol. The molecule has 0 saturated carbocycles. The van der Waals surface area contributed by atoms with Crippen molar-refractivity contribution in [1.29, 1.82) is 0 Å². The van der Waals surface area contributed by atoms with Gasteiger partial charge >= 0.3 is 5.97 Å². The van der Waals surface area contributed by atoms with Crippen LogP contribution in [-0.2, 0) is 9.53 Å². The molecule has 0 spiro atoms. The van der Waals surface area contributed by atoms with Crippen LogP contribution in [-0.4, -0.2) is 51.5 Å². The fourth-order valence-electron chi connectivity index (χ4n) is 2.89. The molecule has 112 valence electrons. The summed E-state index contributed by atoms with van der Waals surface area (Å²) < 4.78 is 7.14. The van der Waals surface area contributed by atoms with Crippen molar-refractivity contribution in [2.75, 3.05) is 24.7 Å². The van der Waals surface area contributed by atoms with Crippen LogP contribution in [0.4, 0.5) is 5.82 Å². The standard InChI is InChI=1S/C14H18N4O3/c1-3-17(11-7-21-6-10(11)14(19)20)13-5-9(2)4-12-15-8-16-18(12)13/h4-5,8,10-11H,3,6-7H2,1-2H3,(H,19,20). The zero-order valence-electron chi connectivity index (χ0n) is 12.1. The molecule has 21 heavy (non-hydrogen) atoms. The highest BCUT2D eigenvalue weighted by molar-refractivity contribution is 5.72. The van der Waals surface area contributed by atoms with Gasteiger partial charge in [-0.25, -0.2) is 4.98 Å². The number of hydrogen-bond donors (Lipinski definition) is 1. The van der Waals surface area contributed by atoms with E-state index in [1.165, 1.54) is 6.33 Å². The van der Waals surface area contributed by atoms with Crippen LogP contribution in [0.1, 0.15) is 12.5 Å². The molecule has 1 N–H and O–H groups in total. The molecule has 1 aliphatic heterocycles. The fraction of sp³-hybridized carbons (Fsp3) is 0.500. The molecule has 2 aromatic heterocycles. The van der Waals surface area contributed by atoms with Crippen molar-refractivity contribution in [1.82, 2.24) is 14.6 Å². The molecule has 0 radical (unpaired) electrons. The first-order chi connectivity index (χ1) is 10.1. The number of nitrogens with zero attached hydrogens (tertiary/aromatic N) is 4. The van der Waals surface area contributed by atoms with Crippen molar-refractivity contribution in [3.63, 3.8) is 0 Å². The number of fused-ring (bicyclic) bond motifs is 1. The van der Waals surface area contributed by atoms with Crippen molar-refractivity contribution in [2.24, 2.45) is 5.92 Å². The number of aliphatic carboxylic acids is 1. The number of pyridine rings is 1. The summed E-state index contributed by atoms with van der Waals surface area (Å²) >= 11 is 0. The van der Waals surface area contributed by atoms with Gasteiger partial charge < -0.3 is 14.7 Å². The number of rotatable bonds is 4. The maximum atomic E-state index is 11.4. The second kappa shape index (κ2) is 5.33. The van der Waals surface area contributed by atoms with Crippen LogP contribution < -0.4 is 4.90 Å². The van der Waals surface area contributed by atoms with Crippen molar-refractivity contribution in [3.8, 4) is 0 Å². The lowest BCUT2D eigenvalue weighted by atomic mass is 10.0. The fourth-order valence-corrected chi connectivity index (χ4v) is 2.89. The van der Waals surface area contributed by atoms with Crippen molar-refractivity contribution in [2.45, 2.75) is 19.9 Å². The summed E-state index contributed by atoms with van der Waals surface area (Å²) in [4.78, 5) is 17.7. The summed E-state index contributed by atoms with van der Waals surface area (Å²) in [5, 5.41) is 13.6. The number of carboxylic acid groups (broad SMARTS) is 1. The molecule has 3 heterocycles. The van der Waals surface area contributed by atoms with E-state index >= 15 is 0 Å². The van der Waals surface area contributed by atoms with E-state index < -0.39 is 11.9 Å². The third-order valence-electron chi connectivity index (χ3n) is 3.91. The van der Waals surface area contributed by atoms with Crippen molar-refractivity contribution in [3.05, 3.63) is 24.0 Å². The molecule has 0 amide bonds. The van der Waals surface area contributed by atoms with Crippen LogP contribution >= 0.6 is 0 Å². The Bertz CT molecular complexity index is 669. The number of hydrogen-bond acceptors (Lipinski definition) is 5. The molecule has 0 aromatic carbocycles. The van der Waals surface area contributed by atoms with E-state index in [9.17, 15) is 9.90 Å². The minimum atomic E-state index is -0.821. The van der Waals surface area contributed by atoms with E-state index in [-0.39, 0.29) is 12.6 Å². The molecule has 7 nitrogen and oxygen atoms in total. The Hall–Kier alpha value is -2.15. The number of likely N-dealkylation sites (N-methyl/N-ethyl adjacent to an activating group) is 1. The van der Waals surface area contributed by atoms with Crippen LogP contribution in [0.5, 0.6) is 0 Å². The lowest BCUT2D eigenvalue weighted by Crippen LogP contribution is -2.44. The maximum absolute atomic E-state index is 11.4. The topological polar surface area (TPSA) is 80.0 Å². The summed E-state index contributed by atoms with van der Waals surface area (Å²) in [5.74, 6) is -0.491. The van der Waals surface area contributed by atoms with Gasteiger partial charge in [0, 0.05) is 6.54 Å². The third kappa shape index (κ3) is 2.33. The number of anilines is 1. The number of carboxylic acids is 1. The normalized spacial score (nSPS) is 21.8. The van der Waals surface area contributed by atoms with Gasteiger partial charge in [0.05, 0.1) is 19.3 Å². The Labute approximate surface area is 122 Å². The van der Waals surface area contributed by atoms with Gasteiger partial charge in [-0.3, -0.25) is 4.79 Å². The first kappa shape index (κ1) is 13.8. The SMILES string of the molecule is CCN(c1cc(C)cc2ncnn12)C1COCC1C(=O)O. The summed E-state index contributed by atoms with van der Waals surface area (Å²) in [7, 11) is 0. The monoisotopic (exact) mass is 290 g/mol. The van der Waals surface area contributed by atoms with Gasteiger partial charge in [-0.1, -0.05) is 0 Å². The molecule has 2 atom stereocenters. The molecular weight excluding hydrogens is 272 g/mol. The predicted octanol–water partition coefficient (Wildman–Crippen LogP) is 0.964. The molecule has 2 aromatic rings. The largest absolute Gasteiger partial charge is 0.481 e. The van der Waals surface area contributed by atoms with E-state index in [1.54, 1.807) is 4.52 Å². The lowest BCUT2D eigenvalue weighted by molar-refractivity contribution is -0.141. The Morgan fingerprint density at radius 3 is 3.05 bits per heavy atom. The van der Waals surface area contributed by atoms with Crippen LogP contribution in [0.25, 0.3) is 5.65 Å². The van der Waals surface area contributed by atoms with Crippen molar-refractivity contribution < 1.29 is 14.6 Å². The first-order valence-corrected chi connectivity index (χ1v) is 6.99. The molecule has 0 aliphatic carbocycles. The molecule has 3 rings (SSSR count). The molecule has 1 fully saturated rings. The highest BCUT2D eigenvalue weighted by atomic mass is 16.5. The van der Waals surface area contributed by atoms with Gasteiger partial charge in [0.2, 0.25) is 0 Å². The molecule has 1 aliphatic rings. The summed E-state index contributed by atoms with van der Waals surface area (Å²) in [6, 6.07) is 3.76. The Kier molecular flexibility index (Phi) is 3.50. The minimum absolute atomic E-state index is 0.193. The predicted molar refractivity (Wildman–Crippen MR) is 76.5 cm³/mol. The van der Waals surface area contributed by atoms with E-state index in [0.29, 0.717) is 13.2 Å². The Balaban J connectivity index is 2.06. The number of carbonyl (C=O) groups is 1. The number of aryl methyl sites for hydroxylation is 1. The van der Waals surface area contributed by atoms with Crippen molar-refractivity contribution >= 4 is 17.4 Å². The van der Waals surface area contributed by atoms with Gasteiger partial charge in [0.25, 0.3) is 0 Å². The van der Waals surface area contributed by atoms with Crippen LogP contribution in [0, 0.1) is 12.8 Å². The van der Waals surface area contributed by atoms with Gasteiger partial charge in [-0.15, -0.1) is 0 Å². The summed E-state index contributed by atoms with van der Waals surface area (Å²) in [6.07, 6.45) is 1.51. The van der Waals surface area contributed by atoms with Gasteiger partial charge in [0.15, 0.2) is 5.65 Å². The van der Waals surface area contributed by atoms with E-state index in [4.69, 9.17) is 4.74 Å². The summed E-state index contributed by atoms with van der Waals surface area (Å²) in [6.45, 7) is 5.34. The Morgan fingerprint density at radius 1 is 1.52 bits per heavy atom. The van der Waals surface area contributed by atoms with Gasteiger partial charge in [0.1, 0.15) is 18.1 Å². The zero-order valence-corrected chi connectivity index (χ0v) is 12.1. The molecule has 7 heteroatoms. The molecule has 2 unspecified atom stereocenters. The minimum Gasteiger partial charge on any atom is -0.481 e. The second-order valence-corrected chi connectivity index (χ2v) is 5.26. The van der Waals surface area contributed by atoms with Crippen LogP contribution in [0.2, 0.25) is 0 Å². The second-order valence-electron chi connectivity index (χ2n) is 5.26. The summed E-state index contributed by atoms with van der Waals surface area (Å²) in [5.41, 5.74) is 1.82. The van der Waals surface area contributed by atoms with Crippen LogP contribution in [0.3, 0.4) is 0 Å². The van der Waals surface area contributed by atoms with E-state index in [2.05, 4.69) is 10.1 Å².